The van der Waals surface area contributed by atoms with Crippen molar-refractivity contribution in [2.45, 2.75) is 9.79 Å². The molecule has 0 saturated heterocycles. The van der Waals surface area contributed by atoms with Gasteiger partial charge in [0, 0.05) is 11.5 Å². The molecule has 0 bridgehead atoms. The van der Waals surface area contributed by atoms with E-state index >= 15 is 0 Å². The van der Waals surface area contributed by atoms with Gasteiger partial charge in [-0.3, -0.25) is 9.11 Å². The van der Waals surface area contributed by atoms with Crippen molar-refractivity contribution in [1.82, 2.24) is 0 Å². The molecular formula is C9H7NO8S2. The monoisotopic (exact) mass is 321 g/mol. The van der Waals surface area contributed by atoms with Crippen molar-refractivity contribution in [3.63, 3.8) is 0 Å². The third-order valence-electron chi connectivity index (χ3n) is 2.39. The van der Waals surface area contributed by atoms with Gasteiger partial charge in [-0.15, -0.1) is 0 Å². The third kappa shape index (κ3) is 2.51. The molecule has 11 heteroatoms. The Kier molecular flexibility index (Phi) is 3.09. The fourth-order valence-corrected chi connectivity index (χ4v) is 2.71. The van der Waals surface area contributed by atoms with Crippen LogP contribution in [0.15, 0.2) is 37.2 Å². The number of anilines is 1. The van der Waals surface area contributed by atoms with Crippen LogP contribution >= 0.6 is 0 Å². The number of hydrogen-bond donors (Lipinski definition) is 3. The number of fused-ring (bicyclic) bond motifs is 1. The maximum Gasteiger partial charge on any atom is 0.357 e. The van der Waals surface area contributed by atoms with E-state index in [9.17, 15) is 21.6 Å². The molecule has 0 radical (unpaired) electrons. The topological polar surface area (TPSA) is 165 Å². The molecule has 0 unspecified atom stereocenters. The minimum absolute atomic E-state index is 0.154. The Bertz CT molecular complexity index is 971. The summed E-state index contributed by atoms with van der Waals surface area (Å²) in [6.45, 7) is 0. The van der Waals surface area contributed by atoms with Crippen LogP contribution in [0, 0.1) is 0 Å². The van der Waals surface area contributed by atoms with Crippen molar-refractivity contribution >= 4 is 36.9 Å². The van der Waals surface area contributed by atoms with Crippen LogP contribution in [-0.4, -0.2) is 25.9 Å². The predicted octanol–water partition coefficient (Wildman–Crippen LogP) is -0.131. The van der Waals surface area contributed by atoms with Crippen molar-refractivity contribution in [2.24, 2.45) is 0 Å². The van der Waals surface area contributed by atoms with Crippen molar-refractivity contribution < 1.29 is 30.4 Å². The number of hydrogen-bond acceptors (Lipinski definition) is 7. The second-order valence-electron chi connectivity index (χ2n) is 3.78. The van der Waals surface area contributed by atoms with Gasteiger partial charge in [-0.05, 0) is 12.1 Å². The standard InChI is InChI=1S/C9H7NO8S2/c10-5-3-6-4(1-7(5)19(12,13)14)2-8(9(11)18-6)20(15,16)17/h1-3H,10H2,(H,12,13,14)(H,15,16,17). The van der Waals surface area contributed by atoms with Crippen molar-refractivity contribution in [1.29, 1.82) is 0 Å². The zero-order valence-corrected chi connectivity index (χ0v) is 11.1. The molecule has 9 nitrogen and oxygen atoms in total. The van der Waals surface area contributed by atoms with Crippen molar-refractivity contribution in [3.05, 3.63) is 28.6 Å². The fourth-order valence-electron chi connectivity index (χ4n) is 1.55. The molecule has 1 heterocycles. The molecule has 0 aliphatic heterocycles. The van der Waals surface area contributed by atoms with E-state index in [0.717, 1.165) is 12.1 Å². The van der Waals surface area contributed by atoms with Gasteiger partial charge in [0.25, 0.3) is 10.1 Å². The highest BCUT2D eigenvalue weighted by Gasteiger charge is 2.20. The molecule has 0 amide bonds. The Morgan fingerprint density at radius 2 is 1.45 bits per heavy atom. The van der Waals surface area contributed by atoms with Gasteiger partial charge in [-0.25, -0.2) is 4.79 Å². The van der Waals surface area contributed by atoms with Crippen LogP contribution in [0.3, 0.4) is 0 Å². The molecule has 1 aromatic carbocycles. The molecule has 20 heavy (non-hydrogen) atoms. The molecule has 0 aliphatic carbocycles. The van der Waals surface area contributed by atoms with Crippen LogP contribution < -0.4 is 11.4 Å². The molecule has 1 aromatic heterocycles. The summed E-state index contributed by atoms with van der Waals surface area (Å²) in [5, 5.41) is -0.154. The minimum Gasteiger partial charge on any atom is -0.422 e. The van der Waals surface area contributed by atoms with Crippen molar-refractivity contribution in [2.75, 3.05) is 5.73 Å². The van der Waals surface area contributed by atoms with Gasteiger partial charge < -0.3 is 10.2 Å². The Labute approximate surface area is 112 Å². The highest BCUT2D eigenvalue weighted by atomic mass is 32.2. The maximum atomic E-state index is 11.4. The van der Waals surface area contributed by atoms with Crippen LogP contribution in [0.5, 0.6) is 0 Å². The molecule has 4 N–H and O–H groups in total. The first kappa shape index (κ1) is 14.5. The Hall–Kier alpha value is -1.95. The van der Waals surface area contributed by atoms with Crippen molar-refractivity contribution in [3.8, 4) is 0 Å². The van der Waals surface area contributed by atoms with E-state index in [1.807, 2.05) is 0 Å². The van der Waals surface area contributed by atoms with Gasteiger partial charge in [0.2, 0.25) is 0 Å². The summed E-state index contributed by atoms with van der Waals surface area (Å²) in [6.07, 6.45) is 0. The molecule has 0 fully saturated rings. The predicted molar refractivity (Wildman–Crippen MR) is 66.5 cm³/mol. The zero-order valence-electron chi connectivity index (χ0n) is 9.47. The zero-order chi connectivity index (χ0) is 15.3. The first-order valence-corrected chi connectivity index (χ1v) is 7.70. The quantitative estimate of drug-likeness (QED) is 0.388. The number of benzene rings is 1. The van der Waals surface area contributed by atoms with Gasteiger partial charge >= 0.3 is 15.7 Å². The Morgan fingerprint density at radius 3 is 1.95 bits per heavy atom. The lowest BCUT2D eigenvalue weighted by molar-refractivity contribution is 0.470. The first-order chi connectivity index (χ1) is 9.00. The lowest BCUT2D eigenvalue weighted by atomic mass is 10.2. The largest absolute Gasteiger partial charge is 0.422 e. The average Bonchev–Trinajstić information content (AvgIpc) is 2.24. The molecule has 2 rings (SSSR count). The third-order valence-corrected chi connectivity index (χ3v) is 4.14. The highest BCUT2D eigenvalue weighted by molar-refractivity contribution is 7.86. The summed E-state index contributed by atoms with van der Waals surface area (Å²) in [4.78, 5) is 9.62. The average molecular weight is 321 g/mol. The fraction of sp³-hybridized carbons (Fsp3) is 0. The van der Waals surface area contributed by atoms with Crippen LogP contribution in [0.1, 0.15) is 0 Å². The van der Waals surface area contributed by atoms with Gasteiger partial charge in [0.05, 0.1) is 5.69 Å². The normalized spacial score (nSPS) is 12.7. The van der Waals surface area contributed by atoms with E-state index in [0.29, 0.717) is 6.07 Å². The van der Waals surface area contributed by atoms with Crippen LogP contribution in [-0.2, 0) is 20.2 Å². The second-order valence-corrected chi connectivity index (χ2v) is 6.56. The Balaban J connectivity index is 2.94. The number of rotatable bonds is 2. The second kappa shape index (κ2) is 4.28. The summed E-state index contributed by atoms with van der Waals surface area (Å²) >= 11 is 0. The van der Waals surface area contributed by atoms with Gasteiger partial charge in [0.1, 0.15) is 10.5 Å². The summed E-state index contributed by atoms with van der Waals surface area (Å²) in [5.41, 5.74) is 3.46. The molecule has 0 saturated carbocycles. The summed E-state index contributed by atoms with van der Waals surface area (Å²) in [6, 6.07) is 2.47. The Morgan fingerprint density at radius 1 is 0.950 bits per heavy atom. The molecule has 0 spiro atoms. The molecular weight excluding hydrogens is 314 g/mol. The lowest BCUT2D eigenvalue weighted by Gasteiger charge is -2.05. The van der Waals surface area contributed by atoms with E-state index < -0.39 is 35.7 Å². The summed E-state index contributed by atoms with van der Waals surface area (Å²) in [5.74, 6) is 0. The van der Waals surface area contributed by atoms with Gasteiger partial charge in [0.15, 0.2) is 4.90 Å². The van der Waals surface area contributed by atoms with E-state index in [2.05, 4.69) is 4.42 Å². The van der Waals surface area contributed by atoms with Crippen LogP contribution in [0.4, 0.5) is 5.69 Å². The highest BCUT2D eigenvalue weighted by Crippen LogP contribution is 2.25. The van der Waals surface area contributed by atoms with E-state index in [4.69, 9.17) is 14.8 Å². The SMILES string of the molecule is Nc1cc2oc(=O)c(S(=O)(=O)O)cc2cc1S(=O)(=O)O. The number of nitrogen functional groups attached to an aromatic ring is 1. The van der Waals surface area contributed by atoms with E-state index in [1.54, 1.807) is 0 Å². The lowest BCUT2D eigenvalue weighted by Crippen LogP contribution is -2.13. The first-order valence-electron chi connectivity index (χ1n) is 4.82. The molecule has 0 aliphatic rings. The van der Waals surface area contributed by atoms with Crippen LogP contribution in [0.25, 0.3) is 11.0 Å². The molecule has 2 aromatic rings. The smallest absolute Gasteiger partial charge is 0.357 e. The summed E-state index contributed by atoms with van der Waals surface area (Å²) < 4.78 is 66.4. The summed E-state index contributed by atoms with van der Waals surface area (Å²) in [7, 11) is -9.47. The number of nitrogens with two attached hydrogens (primary N) is 1. The minimum atomic E-state index is -4.83. The van der Waals surface area contributed by atoms with Gasteiger partial charge in [-0.1, -0.05) is 0 Å². The van der Waals surface area contributed by atoms with Gasteiger partial charge in [-0.2, -0.15) is 16.8 Å². The van der Waals surface area contributed by atoms with Crippen LogP contribution in [0.2, 0.25) is 0 Å². The van der Waals surface area contributed by atoms with E-state index in [1.165, 1.54) is 0 Å². The molecule has 108 valence electrons. The maximum absolute atomic E-state index is 11.4. The van der Waals surface area contributed by atoms with E-state index in [-0.39, 0.29) is 16.7 Å². The molecule has 0 atom stereocenters.